The molecule has 1 amide bonds. The maximum absolute atomic E-state index is 12.0. The summed E-state index contributed by atoms with van der Waals surface area (Å²) in [5.41, 5.74) is 2.41. The number of hydrogen-bond donors (Lipinski definition) is 1. The van der Waals surface area contributed by atoms with Gasteiger partial charge in [-0.3, -0.25) is 4.98 Å². The summed E-state index contributed by atoms with van der Waals surface area (Å²) < 4.78 is 13.5. The van der Waals surface area contributed by atoms with Crippen molar-refractivity contribution >= 4 is 28.0 Å². The van der Waals surface area contributed by atoms with Crippen LogP contribution in [0.4, 0.5) is 4.79 Å². The minimum absolute atomic E-state index is 0.393. The molecule has 2 heterocycles. The van der Waals surface area contributed by atoms with E-state index in [1.807, 2.05) is 75.5 Å². The third-order valence-electron chi connectivity index (χ3n) is 5.34. The van der Waals surface area contributed by atoms with Crippen LogP contribution >= 0.6 is 0 Å². The maximum Gasteiger partial charge on any atom is 0.407 e. The van der Waals surface area contributed by atoms with Crippen LogP contribution in [0.15, 0.2) is 60.8 Å². The lowest BCUT2D eigenvalue weighted by atomic mass is 10.2. The van der Waals surface area contributed by atoms with Crippen LogP contribution < -0.4 is 10.1 Å². The molecule has 0 spiro atoms. The summed E-state index contributed by atoms with van der Waals surface area (Å²) in [5.74, 6) is 1.88. The van der Waals surface area contributed by atoms with Gasteiger partial charge in [-0.1, -0.05) is 36.4 Å². The van der Waals surface area contributed by atoms with Crippen LogP contribution in [0.3, 0.4) is 0 Å². The van der Waals surface area contributed by atoms with Crippen LogP contribution in [0, 0.1) is 0 Å². The zero-order valence-corrected chi connectivity index (χ0v) is 20.1. The predicted octanol–water partition coefficient (Wildman–Crippen LogP) is 5.51. The topological polar surface area (TPSA) is 78.3 Å². The third kappa shape index (κ3) is 6.04. The highest BCUT2D eigenvalue weighted by molar-refractivity contribution is 6.02. The van der Waals surface area contributed by atoms with Crippen molar-refractivity contribution in [3.05, 3.63) is 66.6 Å². The molecule has 34 heavy (non-hydrogen) atoms. The average molecular weight is 461 g/mol. The van der Waals surface area contributed by atoms with Gasteiger partial charge in [0.05, 0.1) is 23.8 Å². The summed E-state index contributed by atoms with van der Waals surface area (Å²) in [6.07, 6.45) is 3.84. The van der Waals surface area contributed by atoms with E-state index in [1.165, 1.54) is 0 Å². The molecule has 0 fully saturated rings. The Bertz CT molecular complexity index is 1250. The summed E-state index contributed by atoms with van der Waals surface area (Å²) in [5, 5.41) is 3.93. The second-order valence-electron chi connectivity index (χ2n) is 9.24. The maximum atomic E-state index is 12.0. The van der Waals surface area contributed by atoms with Gasteiger partial charge in [-0.15, -0.1) is 0 Å². The van der Waals surface area contributed by atoms with Gasteiger partial charge in [0.15, 0.2) is 0 Å². The van der Waals surface area contributed by atoms with Crippen molar-refractivity contribution in [1.29, 1.82) is 0 Å². The Balaban J connectivity index is 1.47. The number of nitrogens with one attached hydrogen (secondary N) is 1. The lowest BCUT2D eigenvalue weighted by Crippen LogP contribution is -2.33. The van der Waals surface area contributed by atoms with Gasteiger partial charge in [0.2, 0.25) is 0 Å². The van der Waals surface area contributed by atoms with Crippen LogP contribution in [-0.2, 0) is 17.7 Å². The van der Waals surface area contributed by atoms with E-state index < -0.39 is 11.7 Å². The van der Waals surface area contributed by atoms with Gasteiger partial charge in [0, 0.05) is 24.9 Å². The zero-order chi connectivity index (χ0) is 24.0. The summed E-state index contributed by atoms with van der Waals surface area (Å²) >= 11 is 0. The van der Waals surface area contributed by atoms with Crippen molar-refractivity contribution in [3.63, 3.8) is 0 Å². The van der Waals surface area contributed by atoms with Crippen molar-refractivity contribution in [2.24, 2.45) is 0 Å². The number of imidazole rings is 1. The van der Waals surface area contributed by atoms with E-state index in [9.17, 15) is 4.79 Å². The van der Waals surface area contributed by atoms with Crippen LogP contribution in [0.25, 0.3) is 21.9 Å². The number of aryl methyl sites for hydroxylation is 2. The number of pyridine rings is 1. The molecule has 7 nitrogen and oxygen atoms in total. The monoisotopic (exact) mass is 460 g/mol. The molecule has 0 unspecified atom stereocenters. The van der Waals surface area contributed by atoms with Gasteiger partial charge >= 0.3 is 6.09 Å². The molecule has 0 saturated carbocycles. The number of para-hydroxylation sites is 2. The smallest absolute Gasteiger partial charge is 0.407 e. The number of benzene rings is 2. The molecule has 2 aromatic heterocycles. The highest BCUT2D eigenvalue weighted by Gasteiger charge is 2.17. The molecule has 7 heteroatoms. The van der Waals surface area contributed by atoms with Crippen molar-refractivity contribution < 1.29 is 14.3 Å². The van der Waals surface area contributed by atoms with Gasteiger partial charge in [-0.25, -0.2) is 9.78 Å². The number of aromatic nitrogens is 3. The van der Waals surface area contributed by atoms with Crippen LogP contribution in [0.1, 0.15) is 39.4 Å². The quantitative estimate of drug-likeness (QED) is 0.333. The fraction of sp³-hybridized carbons (Fsp3) is 0.370. The number of alkyl carbamates (subject to hydrolysis) is 1. The number of nitrogens with zero attached hydrogens (tertiary/aromatic N) is 3. The Kier molecular flexibility index (Phi) is 7.30. The third-order valence-corrected chi connectivity index (χ3v) is 5.34. The van der Waals surface area contributed by atoms with Crippen LogP contribution in [0.2, 0.25) is 0 Å². The summed E-state index contributed by atoms with van der Waals surface area (Å²) in [6.45, 7) is 7.45. The summed E-state index contributed by atoms with van der Waals surface area (Å²) in [4.78, 5) is 21.5. The van der Waals surface area contributed by atoms with Crippen LogP contribution in [-0.4, -0.2) is 39.4 Å². The van der Waals surface area contributed by atoms with Gasteiger partial charge in [-0.2, -0.15) is 0 Å². The van der Waals surface area contributed by atoms with E-state index in [4.69, 9.17) is 14.5 Å². The van der Waals surface area contributed by atoms with Crippen molar-refractivity contribution in [2.75, 3.05) is 13.2 Å². The molecule has 0 aliphatic rings. The Morgan fingerprint density at radius 2 is 1.76 bits per heavy atom. The minimum Gasteiger partial charge on any atom is -0.494 e. The van der Waals surface area contributed by atoms with E-state index in [1.54, 1.807) is 0 Å². The lowest BCUT2D eigenvalue weighted by molar-refractivity contribution is 0.0526. The van der Waals surface area contributed by atoms with Crippen molar-refractivity contribution in [1.82, 2.24) is 19.9 Å². The normalized spacial score (nSPS) is 11.6. The van der Waals surface area contributed by atoms with Gasteiger partial charge in [0.1, 0.15) is 22.7 Å². The predicted molar refractivity (Wildman–Crippen MR) is 134 cm³/mol. The van der Waals surface area contributed by atoms with Crippen LogP contribution in [0.5, 0.6) is 5.75 Å². The van der Waals surface area contributed by atoms with E-state index in [-0.39, 0.29) is 0 Å². The minimum atomic E-state index is -0.508. The first-order valence-corrected chi connectivity index (χ1v) is 11.8. The molecular formula is C27H32N4O3. The van der Waals surface area contributed by atoms with Gasteiger partial charge in [-0.05, 0) is 51.8 Å². The van der Waals surface area contributed by atoms with E-state index in [0.717, 1.165) is 59.3 Å². The van der Waals surface area contributed by atoms with E-state index in [2.05, 4.69) is 20.9 Å². The Morgan fingerprint density at radius 3 is 2.56 bits per heavy atom. The number of fused-ring (bicyclic) bond motifs is 3. The molecule has 0 radical (unpaired) electrons. The molecule has 178 valence electrons. The number of carbonyl (C=O) groups is 1. The molecule has 0 aliphatic carbocycles. The fourth-order valence-corrected chi connectivity index (χ4v) is 3.92. The second-order valence-corrected chi connectivity index (χ2v) is 9.24. The summed E-state index contributed by atoms with van der Waals surface area (Å²) in [7, 11) is 0. The number of carbonyl (C=O) groups excluding carboxylic acids is 1. The molecule has 1 N–H and O–H groups in total. The number of rotatable bonds is 9. The standard InChI is InChI=1S/C27H32N4O3/c1-27(2,3)34-26(32)28-16-10-17-31-24(15-9-18-33-20-11-5-4-6-12-20)30-23-19-29-22-14-8-7-13-21(22)25(23)31/h4-8,11-14,19H,9-10,15-18H2,1-3H3,(H,28,32). The first kappa shape index (κ1) is 23.5. The lowest BCUT2D eigenvalue weighted by Gasteiger charge is -2.19. The molecule has 0 saturated heterocycles. The number of amides is 1. The van der Waals surface area contributed by atoms with E-state index in [0.29, 0.717) is 13.2 Å². The zero-order valence-electron chi connectivity index (χ0n) is 20.1. The molecule has 4 rings (SSSR count). The largest absolute Gasteiger partial charge is 0.494 e. The van der Waals surface area contributed by atoms with Gasteiger partial charge in [0.25, 0.3) is 0 Å². The molecule has 0 aliphatic heterocycles. The molecule has 4 aromatic rings. The first-order valence-electron chi connectivity index (χ1n) is 11.8. The Morgan fingerprint density at radius 1 is 1.00 bits per heavy atom. The number of hydrogen-bond acceptors (Lipinski definition) is 5. The molecular weight excluding hydrogens is 428 g/mol. The molecule has 0 atom stereocenters. The average Bonchev–Trinajstić information content (AvgIpc) is 3.17. The highest BCUT2D eigenvalue weighted by atomic mass is 16.6. The summed E-state index contributed by atoms with van der Waals surface area (Å²) in [6, 6.07) is 18.0. The Hall–Kier alpha value is -3.61. The molecule has 2 aromatic carbocycles. The first-order chi connectivity index (χ1) is 16.4. The van der Waals surface area contributed by atoms with Crippen molar-refractivity contribution in [2.45, 2.75) is 52.2 Å². The highest BCUT2D eigenvalue weighted by Crippen LogP contribution is 2.25. The number of ether oxygens (including phenoxy) is 2. The van der Waals surface area contributed by atoms with Gasteiger partial charge < -0.3 is 19.4 Å². The SMILES string of the molecule is CC(C)(C)OC(=O)NCCCn1c(CCCOc2ccccc2)nc2cnc3ccccc3c21. The van der Waals surface area contributed by atoms with Crippen molar-refractivity contribution in [3.8, 4) is 5.75 Å². The Labute approximate surface area is 200 Å². The fourth-order valence-electron chi connectivity index (χ4n) is 3.92. The molecule has 0 bridgehead atoms. The second kappa shape index (κ2) is 10.5. The van der Waals surface area contributed by atoms with E-state index >= 15 is 0 Å².